The predicted octanol–water partition coefficient (Wildman–Crippen LogP) is 8.21. The largest absolute Gasteiger partial charge is 0.496 e. The van der Waals surface area contributed by atoms with Crippen molar-refractivity contribution in [1.82, 2.24) is 19.9 Å². The molecule has 2 heterocycles. The summed E-state index contributed by atoms with van der Waals surface area (Å²) in [6.45, 7) is 0. The van der Waals surface area contributed by atoms with Crippen LogP contribution in [0, 0.1) is 43.5 Å². The molecule has 0 bridgehead atoms. The molecule has 0 aliphatic rings. The zero-order chi connectivity index (χ0) is 41.8. The minimum Gasteiger partial charge on any atom is -0.496 e. The number of methoxy groups -OCH3 is 4. The number of aromatic nitrogens is 4. The van der Waals surface area contributed by atoms with Crippen LogP contribution < -0.4 is 24.7 Å². The lowest BCUT2D eigenvalue weighted by Gasteiger charge is -2.10. The van der Waals surface area contributed by atoms with E-state index in [4.69, 9.17) is 31.5 Å². The standard InChI is InChI=1S/C19H15F2N3O4.C11H8ClFN2O.C7H7FN2O3/c1-27-18-4-3-12(20)8-14(18)16-9-13(22-10-23-16)5-11-6-15(21)19(28-2)17(7-11)24(25)26;1-16-10-3-2-7(13)4-8(10)9-5-11(12)15-6-14-9;1-13-7-5(8)2-4(9)3-6(7)10(11)12/h3-4,6-10H,5H2,1-2H3;2-6H,1H3;2-3H,9H2,1H3. The maximum atomic E-state index is 14.1. The van der Waals surface area contributed by atoms with Gasteiger partial charge in [-0.3, -0.25) is 20.2 Å². The van der Waals surface area contributed by atoms with E-state index in [2.05, 4.69) is 24.7 Å². The van der Waals surface area contributed by atoms with Gasteiger partial charge in [-0.05, 0) is 54.1 Å². The van der Waals surface area contributed by atoms with Crippen LogP contribution >= 0.6 is 11.6 Å². The number of hydrogen-bond acceptors (Lipinski definition) is 13. The lowest BCUT2D eigenvalue weighted by molar-refractivity contribution is -0.386. The maximum Gasteiger partial charge on any atom is 0.316 e. The summed E-state index contributed by atoms with van der Waals surface area (Å²) in [5.41, 5.74) is 6.98. The highest BCUT2D eigenvalue weighted by Crippen LogP contribution is 2.34. The van der Waals surface area contributed by atoms with Crippen LogP contribution in [0.2, 0.25) is 5.15 Å². The number of rotatable bonds is 10. The third kappa shape index (κ3) is 11.0. The van der Waals surface area contributed by atoms with Gasteiger partial charge in [0, 0.05) is 53.2 Å². The Morgan fingerprint density at radius 2 is 1.12 bits per heavy atom. The van der Waals surface area contributed by atoms with Gasteiger partial charge in [0.2, 0.25) is 11.5 Å². The molecule has 0 amide bonds. The summed E-state index contributed by atoms with van der Waals surface area (Å²) in [5.74, 6) is -2.36. The van der Waals surface area contributed by atoms with Crippen LogP contribution in [-0.4, -0.2) is 58.2 Å². The first kappa shape index (κ1) is 42.6. The minimum absolute atomic E-state index is 0.00926. The first-order valence-corrected chi connectivity index (χ1v) is 16.3. The summed E-state index contributed by atoms with van der Waals surface area (Å²) in [6, 6.07) is 15.8. The fraction of sp³-hybridized carbons (Fsp3) is 0.135. The fourth-order valence-electron chi connectivity index (χ4n) is 5.10. The molecule has 0 saturated heterocycles. The molecule has 0 atom stereocenters. The van der Waals surface area contributed by atoms with Crippen molar-refractivity contribution in [2.75, 3.05) is 34.2 Å². The van der Waals surface area contributed by atoms with Gasteiger partial charge < -0.3 is 24.7 Å². The van der Waals surface area contributed by atoms with E-state index in [1.807, 2.05) is 0 Å². The van der Waals surface area contributed by atoms with E-state index in [0.29, 0.717) is 50.4 Å². The molecule has 4 aromatic carbocycles. The van der Waals surface area contributed by atoms with Crippen molar-refractivity contribution in [2.45, 2.75) is 6.42 Å². The van der Waals surface area contributed by atoms with Crippen molar-refractivity contribution in [3.05, 3.63) is 145 Å². The quantitative estimate of drug-likeness (QED) is 0.0456. The van der Waals surface area contributed by atoms with Gasteiger partial charge >= 0.3 is 11.4 Å². The monoisotopic (exact) mass is 811 g/mol. The van der Waals surface area contributed by atoms with Crippen LogP contribution in [-0.2, 0) is 6.42 Å². The van der Waals surface area contributed by atoms with Gasteiger partial charge in [0.05, 0.1) is 49.7 Å². The third-order valence-corrected chi connectivity index (χ3v) is 7.76. The van der Waals surface area contributed by atoms with E-state index in [0.717, 1.165) is 32.4 Å². The summed E-state index contributed by atoms with van der Waals surface area (Å²) in [7, 11) is 5.29. The summed E-state index contributed by atoms with van der Waals surface area (Å²) in [5, 5.41) is 21.9. The van der Waals surface area contributed by atoms with Crippen molar-refractivity contribution in [3.63, 3.8) is 0 Å². The van der Waals surface area contributed by atoms with Gasteiger partial charge in [0.25, 0.3) is 0 Å². The lowest BCUT2D eigenvalue weighted by Crippen LogP contribution is -2.01. The van der Waals surface area contributed by atoms with E-state index < -0.39 is 50.2 Å². The zero-order valence-electron chi connectivity index (χ0n) is 30.2. The number of nitrogen functional groups attached to an aromatic ring is 1. The van der Waals surface area contributed by atoms with Gasteiger partial charge in [0.15, 0.2) is 11.6 Å². The molecule has 2 aromatic heterocycles. The second-order valence-electron chi connectivity index (χ2n) is 11.2. The van der Waals surface area contributed by atoms with Crippen molar-refractivity contribution in [2.24, 2.45) is 0 Å². The van der Waals surface area contributed by atoms with E-state index in [-0.39, 0.29) is 17.9 Å². The predicted molar refractivity (Wildman–Crippen MR) is 199 cm³/mol. The smallest absolute Gasteiger partial charge is 0.316 e. The van der Waals surface area contributed by atoms with Crippen molar-refractivity contribution in [1.29, 1.82) is 0 Å². The molecule has 6 aromatic rings. The van der Waals surface area contributed by atoms with Crippen LogP contribution in [0.25, 0.3) is 22.5 Å². The van der Waals surface area contributed by atoms with E-state index >= 15 is 0 Å². The normalized spacial score (nSPS) is 10.3. The van der Waals surface area contributed by atoms with Gasteiger partial charge in [-0.15, -0.1) is 0 Å². The van der Waals surface area contributed by atoms with Crippen LogP contribution in [0.4, 0.5) is 34.6 Å². The molecule has 0 fully saturated rings. The highest BCUT2D eigenvalue weighted by atomic mass is 35.5. The Labute approximate surface area is 325 Å². The Kier molecular flexibility index (Phi) is 14.5. The number of nitro benzene ring substituents is 2. The Hall–Kier alpha value is -7.15. The van der Waals surface area contributed by atoms with Crippen molar-refractivity contribution >= 4 is 28.7 Å². The molecule has 296 valence electrons. The van der Waals surface area contributed by atoms with Crippen LogP contribution in [0.1, 0.15) is 11.3 Å². The summed E-state index contributed by atoms with van der Waals surface area (Å²) < 4.78 is 73.5. The van der Waals surface area contributed by atoms with Crippen molar-refractivity contribution < 1.29 is 46.4 Å². The topological polar surface area (TPSA) is 201 Å². The number of ether oxygens (including phenoxy) is 4. The van der Waals surface area contributed by atoms with Gasteiger partial charge in [0.1, 0.15) is 40.9 Å². The highest BCUT2D eigenvalue weighted by Gasteiger charge is 2.22. The SMILES string of the molecule is COc1c(F)cc(N)cc1[N+](=O)[O-].COc1ccc(F)cc1-c1cc(Cc2cc(F)c(OC)c([N+](=O)[O-])c2)ncn1.COc1ccc(F)cc1-c1cc(Cl)ncn1. The molecule has 0 unspecified atom stereocenters. The number of halogens is 5. The average Bonchev–Trinajstić information content (AvgIpc) is 3.18. The molecule has 0 spiro atoms. The maximum absolute atomic E-state index is 14.1. The van der Waals surface area contributed by atoms with Crippen molar-refractivity contribution in [3.8, 4) is 45.5 Å². The first-order valence-electron chi connectivity index (χ1n) is 15.9. The van der Waals surface area contributed by atoms with E-state index in [1.54, 1.807) is 18.2 Å². The highest BCUT2D eigenvalue weighted by molar-refractivity contribution is 6.29. The van der Waals surface area contributed by atoms with Gasteiger partial charge in [-0.2, -0.15) is 0 Å². The van der Waals surface area contributed by atoms with E-state index in [9.17, 15) is 37.8 Å². The Morgan fingerprint density at radius 1 is 0.632 bits per heavy atom. The second kappa shape index (κ2) is 19.4. The summed E-state index contributed by atoms with van der Waals surface area (Å²) in [6.07, 6.45) is 2.71. The number of benzene rings is 4. The molecular formula is C37H30ClF4N7O8. The molecule has 0 saturated carbocycles. The van der Waals surface area contributed by atoms with Gasteiger partial charge in [-0.25, -0.2) is 37.5 Å². The Bertz CT molecular complexity index is 2410. The minimum atomic E-state index is -0.840. The molecule has 57 heavy (non-hydrogen) atoms. The molecule has 20 heteroatoms. The number of hydrogen-bond donors (Lipinski definition) is 1. The van der Waals surface area contributed by atoms with Crippen LogP contribution in [0.5, 0.6) is 23.0 Å². The lowest BCUT2D eigenvalue weighted by atomic mass is 10.0. The van der Waals surface area contributed by atoms with E-state index in [1.165, 1.54) is 63.3 Å². The molecule has 0 aliphatic carbocycles. The molecule has 2 N–H and O–H groups in total. The molecular weight excluding hydrogens is 782 g/mol. The number of nitro groups is 2. The summed E-state index contributed by atoms with van der Waals surface area (Å²) in [4.78, 5) is 36.1. The molecule has 15 nitrogen and oxygen atoms in total. The third-order valence-electron chi connectivity index (χ3n) is 7.55. The molecule has 0 aliphatic heterocycles. The number of anilines is 1. The average molecular weight is 812 g/mol. The molecule has 0 radical (unpaired) electrons. The number of nitrogens with two attached hydrogens (primary N) is 1. The van der Waals surface area contributed by atoms with Gasteiger partial charge in [-0.1, -0.05) is 11.6 Å². The Balaban J connectivity index is 0.000000209. The zero-order valence-corrected chi connectivity index (χ0v) is 31.0. The fourth-order valence-corrected chi connectivity index (χ4v) is 5.25. The summed E-state index contributed by atoms with van der Waals surface area (Å²) >= 11 is 5.74. The van der Waals surface area contributed by atoms with Crippen LogP contribution in [0.3, 0.4) is 0 Å². The number of nitrogens with zero attached hydrogens (tertiary/aromatic N) is 6. The Morgan fingerprint density at radius 3 is 1.61 bits per heavy atom. The first-order chi connectivity index (χ1) is 27.2. The van der Waals surface area contributed by atoms with Crippen LogP contribution in [0.15, 0.2) is 85.5 Å². The second-order valence-corrected chi connectivity index (χ2v) is 11.6. The molecule has 6 rings (SSSR count).